The van der Waals surface area contributed by atoms with Crippen molar-refractivity contribution in [2.75, 3.05) is 6.61 Å². The molecular formula is C31H29ClF5NO3. The summed E-state index contributed by atoms with van der Waals surface area (Å²) in [6, 6.07) is 13.2. The quantitative estimate of drug-likeness (QED) is 0.139. The Labute approximate surface area is 239 Å². The van der Waals surface area contributed by atoms with Crippen molar-refractivity contribution in [3.05, 3.63) is 99.7 Å². The van der Waals surface area contributed by atoms with E-state index in [1.165, 1.54) is 36.4 Å². The highest BCUT2D eigenvalue weighted by Crippen LogP contribution is 2.45. The number of alkyl halides is 3. The van der Waals surface area contributed by atoms with E-state index in [2.05, 4.69) is 9.72 Å². The van der Waals surface area contributed by atoms with Gasteiger partial charge in [-0.1, -0.05) is 49.2 Å². The number of aromatic nitrogens is 1. The Hall–Kier alpha value is -3.59. The van der Waals surface area contributed by atoms with Gasteiger partial charge in [-0.05, 0) is 78.3 Å². The van der Waals surface area contributed by atoms with Crippen molar-refractivity contribution < 1.29 is 36.2 Å². The Bertz CT molecular complexity index is 1500. The van der Waals surface area contributed by atoms with Gasteiger partial charge < -0.3 is 14.5 Å². The number of esters is 1. The van der Waals surface area contributed by atoms with E-state index in [1.54, 1.807) is 31.3 Å². The van der Waals surface area contributed by atoms with Crippen LogP contribution in [0.15, 0.2) is 60.8 Å². The fourth-order valence-corrected chi connectivity index (χ4v) is 5.45. The molecule has 41 heavy (non-hydrogen) atoms. The van der Waals surface area contributed by atoms with Crippen LogP contribution in [0.1, 0.15) is 67.2 Å². The number of aromatic amines is 1. The molecule has 3 aromatic carbocycles. The first-order chi connectivity index (χ1) is 19.5. The van der Waals surface area contributed by atoms with E-state index < -0.39 is 29.9 Å². The summed E-state index contributed by atoms with van der Waals surface area (Å²) in [5.41, 5.74) is 2.55. The lowest BCUT2D eigenvalue weighted by Gasteiger charge is -2.29. The van der Waals surface area contributed by atoms with Crippen LogP contribution in [-0.2, 0) is 16.0 Å². The van der Waals surface area contributed by atoms with Crippen molar-refractivity contribution in [3.63, 3.8) is 0 Å². The number of hydrogen-bond donors (Lipinski definition) is 1. The van der Waals surface area contributed by atoms with E-state index in [0.29, 0.717) is 40.5 Å². The predicted molar refractivity (Wildman–Crippen MR) is 147 cm³/mol. The van der Waals surface area contributed by atoms with Crippen molar-refractivity contribution in [3.8, 4) is 5.75 Å². The minimum absolute atomic E-state index is 0.0408. The number of fused-ring (bicyclic) bond motifs is 1. The molecule has 0 aliphatic rings. The van der Waals surface area contributed by atoms with Crippen molar-refractivity contribution >= 4 is 28.5 Å². The van der Waals surface area contributed by atoms with Gasteiger partial charge >= 0.3 is 12.3 Å². The molecule has 0 amide bonds. The number of carbonyl (C=O) groups excluding carboxylic acids is 1. The van der Waals surface area contributed by atoms with Crippen LogP contribution in [0.3, 0.4) is 0 Å². The summed E-state index contributed by atoms with van der Waals surface area (Å²) in [5, 5.41) is 0.704. The number of benzene rings is 3. The number of aryl methyl sites for hydroxylation is 1. The van der Waals surface area contributed by atoms with Gasteiger partial charge in [0.1, 0.15) is 17.4 Å². The smallest absolute Gasteiger partial charge is 0.466 e. The second-order valence-corrected chi connectivity index (χ2v) is 10.1. The molecule has 1 N–H and O–H groups in total. The van der Waals surface area contributed by atoms with E-state index in [-0.39, 0.29) is 41.7 Å². The molecule has 0 bridgehead atoms. The molecule has 0 saturated heterocycles. The van der Waals surface area contributed by atoms with Gasteiger partial charge in [0.15, 0.2) is 0 Å². The van der Waals surface area contributed by atoms with E-state index in [0.717, 1.165) is 0 Å². The summed E-state index contributed by atoms with van der Waals surface area (Å²) in [7, 11) is 0. The molecule has 4 rings (SSSR count). The van der Waals surface area contributed by atoms with Gasteiger partial charge in [0.2, 0.25) is 0 Å². The van der Waals surface area contributed by atoms with Crippen molar-refractivity contribution in [1.82, 2.24) is 4.98 Å². The van der Waals surface area contributed by atoms with Gasteiger partial charge in [0.25, 0.3) is 0 Å². The van der Waals surface area contributed by atoms with Gasteiger partial charge in [0.05, 0.1) is 12.1 Å². The molecule has 1 aromatic heterocycles. The van der Waals surface area contributed by atoms with Crippen molar-refractivity contribution in [1.29, 1.82) is 0 Å². The molecule has 2 atom stereocenters. The van der Waals surface area contributed by atoms with Gasteiger partial charge in [-0.2, -0.15) is 0 Å². The van der Waals surface area contributed by atoms with Crippen LogP contribution in [0.4, 0.5) is 22.0 Å². The van der Waals surface area contributed by atoms with E-state index in [4.69, 9.17) is 16.3 Å². The fourth-order valence-electron chi connectivity index (χ4n) is 5.24. The van der Waals surface area contributed by atoms with Crippen LogP contribution in [0.5, 0.6) is 5.75 Å². The van der Waals surface area contributed by atoms with Gasteiger partial charge in [-0.15, -0.1) is 13.2 Å². The minimum atomic E-state index is -4.84. The Kier molecular flexibility index (Phi) is 9.58. The van der Waals surface area contributed by atoms with Crippen LogP contribution in [0.25, 0.3) is 10.9 Å². The second kappa shape index (κ2) is 12.9. The summed E-state index contributed by atoms with van der Waals surface area (Å²) in [6.07, 6.45) is -1.68. The number of ether oxygens (including phenoxy) is 2. The zero-order valence-corrected chi connectivity index (χ0v) is 23.2. The summed E-state index contributed by atoms with van der Waals surface area (Å²) in [6.45, 7) is 3.91. The summed E-state index contributed by atoms with van der Waals surface area (Å²) in [4.78, 5) is 14.7. The van der Waals surface area contributed by atoms with Gasteiger partial charge in [-0.3, -0.25) is 4.79 Å². The third kappa shape index (κ3) is 7.38. The summed E-state index contributed by atoms with van der Waals surface area (Å²) < 4.78 is 77.5. The topological polar surface area (TPSA) is 51.3 Å². The highest BCUT2D eigenvalue weighted by atomic mass is 35.5. The third-order valence-corrected chi connectivity index (χ3v) is 7.18. The maximum Gasteiger partial charge on any atom is 0.573 e. The monoisotopic (exact) mass is 593 g/mol. The second-order valence-electron chi connectivity index (χ2n) is 9.70. The molecule has 0 aliphatic carbocycles. The van der Waals surface area contributed by atoms with Crippen LogP contribution in [-0.4, -0.2) is 23.9 Å². The third-order valence-electron chi connectivity index (χ3n) is 6.96. The molecule has 4 aromatic rings. The highest BCUT2D eigenvalue weighted by Gasteiger charge is 2.32. The van der Waals surface area contributed by atoms with Crippen molar-refractivity contribution in [2.45, 2.75) is 57.7 Å². The molecule has 4 nitrogen and oxygen atoms in total. The highest BCUT2D eigenvalue weighted by molar-refractivity contribution is 6.31. The van der Waals surface area contributed by atoms with Crippen LogP contribution < -0.4 is 4.74 Å². The van der Waals surface area contributed by atoms with E-state index in [9.17, 15) is 22.4 Å². The van der Waals surface area contributed by atoms with E-state index in [1.807, 2.05) is 6.92 Å². The zero-order valence-electron chi connectivity index (χ0n) is 22.5. The first-order valence-electron chi connectivity index (χ1n) is 13.3. The number of H-pyrrole nitrogens is 1. The number of rotatable bonds is 11. The summed E-state index contributed by atoms with van der Waals surface area (Å²) >= 11 is 6.19. The lowest BCUT2D eigenvalue weighted by atomic mass is 9.75. The molecule has 0 radical (unpaired) electrons. The molecular weight excluding hydrogens is 565 g/mol. The first kappa shape index (κ1) is 30.4. The molecule has 10 heteroatoms. The molecule has 0 unspecified atom stereocenters. The van der Waals surface area contributed by atoms with Gasteiger partial charge in [0, 0.05) is 28.9 Å². The van der Waals surface area contributed by atoms with Crippen LogP contribution in [0.2, 0.25) is 5.02 Å². The normalized spacial score (nSPS) is 13.3. The summed E-state index contributed by atoms with van der Waals surface area (Å²) in [5.74, 6) is -2.67. The van der Waals surface area contributed by atoms with Crippen LogP contribution in [0, 0.1) is 11.6 Å². The molecule has 218 valence electrons. The van der Waals surface area contributed by atoms with Crippen LogP contribution >= 0.6 is 11.6 Å². The largest absolute Gasteiger partial charge is 0.573 e. The number of carbonyl (C=O) groups is 1. The zero-order chi connectivity index (χ0) is 29.7. The van der Waals surface area contributed by atoms with Gasteiger partial charge in [-0.25, -0.2) is 8.78 Å². The maximum atomic E-state index is 15.3. The van der Waals surface area contributed by atoms with Crippen molar-refractivity contribution in [2.24, 2.45) is 0 Å². The maximum absolute atomic E-state index is 15.3. The Morgan fingerprint density at radius 2 is 1.68 bits per heavy atom. The molecule has 0 fully saturated rings. The average molecular weight is 594 g/mol. The SMILES string of the molecule is CCC[C@H](c1ccc(CCC(=O)OCC)c(F)c1)[C@H](c1ccc(OC(F)(F)F)cc1)c1c[nH]c2c(F)cc(Cl)cc12. The standard InChI is InChI=1S/C31H29ClF5NO3/c1-3-5-23(20-7-6-18(26(33)14-20)10-13-28(39)40-4-2)29(19-8-11-22(12-9-19)41-31(35,36)37)25-17-38-30-24(25)15-21(32)16-27(30)34/h6-9,11-12,14-17,23,29,38H,3-5,10,13H2,1-2H3/t23-,29+/m1/s1. The van der Waals surface area contributed by atoms with E-state index >= 15 is 4.39 Å². The number of halogens is 6. The fraction of sp³-hybridized carbons (Fsp3) is 0.323. The Morgan fingerprint density at radius 1 is 0.976 bits per heavy atom. The molecule has 0 spiro atoms. The Balaban J connectivity index is 1.80. The molecule has 1 heterocycles. The molecule has 0 saturated carbocycles. The number of nitrogens with one attached hydrogen (secondary N) is 1. The lowest BCUT2D eigenvalue weighted by Crippen LogP contribution is -2.17. The first-order valence-corrected chi connectivity index (χ1v) is 13.6. The number of hydrogen-bond acceptors (Lipinski definition) is 3. The Morgan fingerprint density at radius 3 is 2.32 bits per heavy atom. The predicted octanol–water partition coefficient (Wildman–Crippen LogP) is 9.21. The minimum Gasteiger partial charge on any atom is -0.466 e. The lowest BCUT2D eigenvalue weighted by molar-refractivity contribution is -0.274. The molecule has 0 aliphatic heterocycles. The average Bonchev–Trinajstić information content (AvgIpc) is 3.31.